The predicted octanol–water partition coefficient (Wildman–Crippen LogP) is 7.02. The Labute approximate surface area is 223 Å². The lowest BCUT2D eigenvalue weighted by Gasteiger charge is -2.18. The van der Waals surface area contributed by atoms with Crippen LogP contribution >= 0.6 is 0 Å². The number of hydrogen-bond donors (Lipinski definition) is 2. The molecule has 2 aliphatic heterocycles. The van der Waals surface area contributed by atoms with Crippen LogP contribution in [0.25, 0.3) is 0 Å². The summed E-state index contributed by atoms with van der Waals surface area (Å²) in [4.78, 5) is 19.9. The quantitative estimate of drug-likeness (QED) is 0.176. The van der Waals surface area contributed by atoms with Gasteiger partial charge in [0.1, 0.15) is 5.84 Å². The number of carbonyl (C=O) groups excluding carboxylic acids is 1. The van der Waals surface area contributed by atoms with Crippen molar-refractivity contribution in [3.05, 3.63) is 12.2 Å². The number of carbonyl (C=O) groups is 1. The summed E-state index contributed by atoms with van der Waals surface area (Å²) in [6.45, 7) is 8.03. The molecule has 2 aliphatic rings. The third-order valence-corrected chi connectivity index (χ3v) is 7.67. The zero-order valence-corrected chi connectivity index (χ0v) is 23.7. The molecule has 1 amide bonds. The summed E-state index contributed by atoms with van der Waals surface area (Å²) in [6, 6.07) is 0. The molecule has 1 unspecified atom stereocenters. The molecule has 0 aromatic rings. The summed E-state index contributed by atoms with van der Waals surface area (Å²) < 4.78 is 0. The van der Waals surface area contributed by atoms with Crippen LogP contribution in [-0.2, 0) is 4.79 Å². The van der Waals surface area contributed by atoms with Gasteiger partial charge in [-0.05, 0) is 64.7 Å². The van der Waals surface area contributed by atoms with Gasteiger partial charge in [-0.3, -0.25) is 9.79 Å². The number of unbranched alkanes of at least 4 members (excludes halogenated alkanes) is 13. The Morgan fingerprint density at radius 2 is 1.36 bits per heavy atom. The van der Waals surface area contributed by atoms with Gasteiger partial charge in [-0.25, -0.2) is 0 Å². The van der Waals surface area contributed by atoms with Gasteiger partial charge in [0.2, 0.25) is 5.91 Å². The van der Waals surface area contributed by atoms with Gasteiger partial charge in [0.25, 0.3) is 0 Å². The maximum Gasteiger partial charge on any atom is 0.231 e. The average Bonchev–Trinajstić information content (AvgIpc) is 3.18. The molecule has 1 fully saturated rings. The third kappa shape index (κ3) is 14.5. The van der Waals surface area contributed by atoms with Crippen LogP contribution in [0, 0.1) is 5.92 Å². The highest BCUT2D eigenvalue weighted by molar-refractivity contribution is 6.06. The van der Waals surface area contributed by atoms with E-state index in [-0.39, 0.29) is 5.92 Å². The Kier molecular flexibility index (Phi) is 18.8. The van der Waals surface area contributed by atoms with Crippen molar-refractivity contribution in [3.63, 3.8) is 0 Å². The number of allylic oxidation sites excluding steroid dienone is 2. The van der Waals surface area contributed by atoms with Crippen molar-refractivity contribution in [1.82, 2.24) is 15.5 Å². The lowest BCUT2D eigenvalue weighted by molar-refractivity contribution is -0.129. The molecule has 2 heterocycles. The van der Waals surface area contributed by atoms with E-state index in [1.54, 1.807) is 0 Å². The van der Waals surface area contributed by atoms with E-state index < -0.39 is 0 Å². The van der Waals surface area contributed by atoms with Crippen LogP contribution in [0.15, 0.2) is 17.1 Å². The van der Waals surface area contributed by atoms with Crippen molar-refractivity contribution in [2.75, 3.05) is 39.3 Å². The molecule has 1 atom stereocenters. The van der Waals surface area contributed by atoms with Gasteiger partial charge < -0.3 is 15.5 Å². The number of fused-ring (bicyclic) bond motifs is 1. The van der Waals surface area contributed by atoms with Crippen molar-refractivity contribution in [2.45, 2.75) is 129 Å². The van der Waals surface area contributed by atoms with Crippen molar-refractivity contribution >= 4 is 11.7 Å². The zero-order chi connectivity index (χ0) is 25.5. The normalized spacial score (nSPS) is 21.9. The van der Waals surface area contributed by atoms with E-state index in [2.05, 4.69) is 29.7 Å². The molecule has 0 saturated carbocycles. The van der Waals surface area contributed by atoms with Gasteiger partial charge in [0, 0.05) is 25.4 Å². The molecule has 0 radical (unpaired) electrons. The standard InChI is InChI=1S/C31H58N4O/c1-2-3-4-5-6-7-8-9-10-11-12-13-14-15-16-17-21-29-28-30-34-26-19-24-32-22-18-23-33-25-20-27-35(30)31(29)36/h16-17,29,32-33H,2-15,18-28H2,1H3/b17-16?,34-30+. The van der Waals surface area contributed by atoms with E-state index in [1.807, 2.05) is 4.90 Å². The number of aliphatic imine (C=N–C) groups is 1. The Hall–Kier alpha value is -1.20. The Morgan fingerprint density at radius 3 is 2.03 bits per heavy atom. The number of nitrogens with zero attached hydrogens (tertiary/aromatic N) is 2. The SMILES string of the molecule is CCCCCCCCCCCCCCCC=CCC1C/C2=N\CCCNCCCNCCCN2C1=O. The van der Waals surface area contributed by atoms with Gasteiger partial charge in [0.15, 0.2) is 0 Å². The van der Waals surface area contributed by atoms with E-state index in [1.165, 1.54) is 83.5 Å². The molecule has 2 N–H and O–H groups in total. The molecule has 0 aromatic carbocycles. The molecule has 36 heavy (non-hydrogen) atoms. The minimum Gasteiger partial charge on any atom is -0.317 e. The molecule has 208 valence electrons. The molecule has 5 heteroatoms. The fraction of sp³-hybridized carbons (Fsp3) is 0.871. The zero-order valence-electron chi connectivity index (χ0n) is 23.7. The number of amides is 1. The van der Waals surface area contributed by atoms with E-state index in [0.29, 0.717) is 5.91 Å². The third-order valence-electron chi connectivity index (χ3n) is 7.67. The van der Waals surface area contributed by atoms with E-state index in [9.17, 15) is 4.79 Å². The topological polar surface area (TPSA) is 56.7 Å². The summed E-state index contributed by atoms with van der Waals surface area (Å²) in [6.07, 6.45) is 28.8. The van der Waals surface area contributed by atoms with Gasteiger partial charge in [0.05, 0.1) is 0 Å². The summed E-state index contributed by atoms with van der Waals surface area (Å²) in [5.74, 6) is 1.42. The first-order valence-corrected chi connectivity index (χ1v) is 15.7. The highest BCUT2D eigenvalue weighted by Crippen LogP contribution is 2.25. The van der Waals surface area contributed by atoms with E-state index >= 15 is 0 Å². The number of rotatable bonds is 16. The van der Waals surface area contributed by atoms with Crippen molar-refractivity contribution < 1.29 is 4.79 Å². The first-order chi connectivity index (χ1) is 17.8. The molecule has 1 saturated heterocycles. The smallest absolute Gasteiger partial charge is 0.231 e. The van der Waals surface area contributed by atoms with Crippen molar-refractivity contribution in [2.24, 2.45) is 10.9 Å². The summed E-state index contributed by atoms with van der Waals surface area (Å²) in [5.41, 5.74) is 0. The van der Waals surface area contributed by atoms with Gasteiger partial charge in [-0.15, -0.1) is 0 Å². The summed E-state index contributed by atoms with van der Waals surface area (Å²) in [7, 11) is 0. The number of hydrogen-bond acceptors (Lipinski definition) is 4. The van der Waals surface area contributed by atoms with Gasteiger partial charge in [-0.1, -0.05) is 96.1 Å². The van der Waals surface area contributed by atoms with E-state index in [4.69, 9.17) is 4.99 Å². The molecule has 5 nitrogen and oxygen atoms in total. The fourth-order valence-corrected chi connectivity index (χ4v) is 5.36. The molecular formula is C31H58N4O. The lowest BCUT2D eigenvalue weighted by atomic mass is 10.0. The second-order valence-corrected chi connectivity index (χ2v) is 11.0. The highest BCUT2D eigenvalue weighted by Gasteiger charge is 2.35. The monoisotopic (exact) mass is 502 g/mol. The number of amidine groups is 1. The van der Waals surface area contributed by atoms with E-state index in [0.717, 1.165) is 83.6 Å². The first-order valence-electron chi connectivity index (χ1n) is 15.7. The molecule has 2 rings (SSSR count). The van der Waals surface area contributed by atoms with Crippen LogP contribution in [0.4, 0.5) is 0 Å². The average molecular weight is 503 g/mol. The minimum atomic E-state index is 0.0911. The summed E-state index contributed by atoms with van der Waals surface area (Å²) in [5, 5.41) is 6.99. The maximum atomic E-state index is 13.0. The molecule has 0 bridgehead atoms. The van der Waals surface area contributed by atoms with Crippen LogP contribution in [-0.4, -0.2) is 55.9 Å². The van der Waals surface area contributed by atoms with Gasteiger partial charge in [-0.2, -0.15) is 0 Å². The number of nitrogens with one attached hydrogen (secondary N) is 2. The molecular weight excluding hydrogens is 444 g/mol. The minimum absolute atomic E-state index is 0.0911. The van der Waals surface area contributed by atoms with Crippen LogP contribution in [0.1, 0.15) is 129 Å². The Morgan fingerprint density at radius 1 is 0.778 bits per heavy atom. The molecule has 0 aromatic heterocycles. The molecule has 0 spiro atoms. The van der Waals surface area contributed by atoms with Crippen LogP contribution < -0.4 is 10.6 Å². The van der Waals surface area contributed by atoms with Crippen molar-refractivity contribution in [1.29, 1.82) is 0 Å². The van der Waals surface area contributed by atoms with Crippen LogP contribution in [0.3, 0.4) is 0 Å². The first kappa shape index (κ1) is 31.0. The molecule has 0 aliphatic carbocycles. The summed E-state index contributed by atoms with van der Waals surface area (Å²) >= 11 is 0. The largest absolute Gasteiger partial charge is 0.317 e. The predicted molar refractivity (Wildman–Crippen MR) is 156 cm³/mol. The van der Waals surface area contributed by atoms with Crippen molar-refractivity contribution in [3.8, 4) is 0 Å². The van der Waals surface area contributed by atoms with Crippen LogP contribution in [0.2, 0.25) is 0 Å². The highest BCUT2D eigenvalue weighted by atomic mass is 16.2. The second kappa shape index (κ2) is 21.8. The fourth-order valence-electron chi connectivity index (χ4n) is 5.36. The van der Waals surface area contributed by atoms with Crippen LogP contribution in [0.5, 0.6) is 0 Å². The maximum absolute atomic E-state index is 13.0. The second-order valence-electron chi connectivity index (χ2n) is 11.0. The van der Waals surface area contributed by atoms with Gasteiger partial charge >= 0.3 is 0 Å². The lowest BCUT2D eigenvalue weighted by Crippen LogP contribution is -2.34. The Balaban J connectivity index is 1.53. The Bertz CT molecular complexity index is 603.